The van der Waals surface area contributed by atoms with Gasteiger partial charge in [0.1, 0.15) is 11.3 Å². The molecule has 2 aromatic rings. The molecule has 3 N–H and O–H groups in total. The zero-order chi connectivity index (χ0) is 16.1. The molecule has 0 aliphatic rings. The summed E-state index contributed by atoms with van der Waals surface area (Å²) in [5, 5.41) is 3.14. The fraction of sp³-hybridized carbons (Fsp3) is 0.267. The Morgan fingerprint density at radius 2 is 1.95 bits per heavy atom. The smallest absolute Gasteiger partial charge is 0.306 e. The number of hydrogen-bond donors (Lipinski definition) is 2. The first-order valence-corrected chi connectivity index (χ1v) is 6.79. The van der Waals surface area contributed by atoms with Crippen LogP contribution in [-0.2, 0) is 14.3 Å². The van der Waals surface area contributed by atoms with Crippen LogP contribution in [0.4, 0.5) is 5.69 Å². The van der Waals surface area contributed by atoms with Gasteiger partial charge in [-0.2, -0.15) is 0 Å². The van der Waals surface area contributed by atoms with Crippen LogP contribution in [0.15, 0.2) is 28.7 Å². The van der Waals surface area contributed by atoms with E-state index >= 15 is 0 Å². The molecule has 0 spiro atoms. The SMILES string of the molecule is CCOC(=O)CCC(=O)Nc1c(C(N)=O)oc2ccccc12. The van der Waals surface area contributed by atoms with E-state index in [9.17, 15) is 14.4 Å². The van der Waals surface area contributed by atoms with Crippen LogP contribution in [0.25, 0.3) is 11.0 Å². The molecule has 0 radical (unpaired) electrons. The van der Waals surface area contributed by atoms with Crippen molar-refractivity contribution < 1.29 is 23.5 Å². The number of carbonyl (C=O) groups is 3. The van der Waals surface area contributed by atoms with Gasteiger partial charge in [-0.25, -0.2) is 0 Å². The van der Waals surface area contributed by atoms with E-state index in [2.05, 4.69) is 5.32 Å². The molecule has 22 heavy (non-hydrogen) atoms. The second kappa shape index (κ2) is 6.75. The largest absolute Gasteiger partial charge is 0.466 e. The van der Waals surface area contributed by atoms with Crippen LogP contribution in [0.5, 0.6) is 0 Å². The number of anilines is 1. The van der Waals surface area contributed by atoms with Crippen molar-refractivity contribution in [2.24, 2.45) is 5.73 Å². The Morgan fingerprint density at radius 3 is 2.64 bits per heavy atom. The number of amides is 2. The number of esters is 1. The van der Waals surface area contributed by atoms with Crippen molar-refractivity contribution in [2.45, 2.75) is 19.8 Å². The number of furan rings is 1. The summed E-state index contributed by atoms with van der Waals surface area (Å²) in [5.41, 5.74) is 5.92. The second-order valence-corrected chi connectivity index (χ2v) is 4.52. The molecular weight excluding hydrogens is 288 g/mol. The number of carbonyl (C=O) groups excluding carboxylic acids is 3. The summed E-state index contributed by atoms with van der Waals surface area (Å²) >= 11 is 0. The standard InChI is InChI=1S/C15H16N2O5/c1-2-21-12(19)8-7-11(18)17-13-9-5-3-4-6-10(9)22-14(13)15(16)20/h3-6H,2,7-8H2,1H3,(H2,16,20)(H,17,18). The molecular formula is C15H16N2O5. The Bertz CT molecular complexity index is 720. The van der Waals surface area contributed by atoms with E-state index in [4.69, 9.17) is 14.9 Å². The lowest BCUT2D eigenvalue weighted by atomic mass is 10.2. The Kier molecular flexibility index (Phi) is 4.77. The van der Waals surface area contributed by atoms with E-state index in [1.807, 2.05) is 0 Å². The minimum atomic E-state index is -0.781. The van der Waals surface area contributed by atoms with Gasteiger partial charge in [-0.05, 0) is 19.1 Å². The summed E-state index contributed by atoms with van der Waals surface area (Å²) in [4.78, 5) is 34.6. The number of benzene rings is 1. The molecule has 116 valence electrons. The van der Waals surface area contributed by atoms with Gasteiger partial charge in [0.25, 0.3) is 5.91 Å². The topological polar surface area (TPSA) is 112 Å². The molecule has 0 atom stereocenters. The zero-order valence-corrected chi connectivity index (χ0v) is 12.0. The van der Waals surface area contributed by atoms with Gasteiger partial charge in [0, 0.05) is 11.8 Å². The van der Waals surface area contributed by atoms with Crippen LogP contribution in [0.3, 0.4) is 0 Å². The lowest BCUT2D eigenvalue weighted by Gasteiger charge is -2.05. The van der Waals surface area contributed by atoms with Gasteiger partial charge in [-0.3, -0.25) is 14.4 Å². The highest BCUT2D eigenvalue weighted by atomic mass is 16.5. The molecule has 0 bridgehead atoms. The molecule has 1 heterocycles. The quantitative estimate of drug-likeness (QED) is 0.790. The third-order valence-electron chi connectivity index (χ3n) is 2.95. The van der Waals surface area contributed by atoms with Crippen molar-refractivity contribution in [3.05, 3.63) is 30.0 Å². The van der Waals surface area contributed by atoms with Crippen molar-refractivity contribution in [3.63, 3.8) is 0 Å². The van der Waals surface area contributed by atoms with Gasteiger partial charge in [-0.1, -0.05) is 12.1 Å². The molecule has 0 unspecified atom stereocenters. The Labute approximate surface area is 126 Å². The van der Waals surface area contributed by atoms with E-state index in [0.29, 0.717) is 11.0 Å². The third kappa shape index (κ3) is 3.43. The average Bonchev–Trinajstić information content (AvgIpc) is 2.85. The van der Waals surface area contributed by atoms with E-state index in [1.165, 1.54) is 0 Å². The summed E-state index contributed by atoms with van der Waals surface area (Å²) in [6, 6.07) is 6.85. The lowest BCUT2D eigenvalue weighted by Crippen LogP contribution is -2.18. The number of hydrogen-bond acceptors (Lipinski definition) is 5. The van der Waals surface area contributed by atoms with Crippen LogP contribution in [0.2, 0.25) is 0 Å². The van der Waals surface area contributed by atoms with Gasteiger partial charge in [0.05, 0.1) is 13.0 Å². The van der Waals surface area contributed by atoms with E-state index in [-0.39, 0.29) is 30.9 Å². The molecule has 2 amide bonds. The van der Waals surface area contributed by atoms with Crippen LogP contribution in [0, 0.1) is 0 Å². The molecule has 0 fully saturated rings. The minimum absolute atomic E-state index is 0.0403. The Hall–Kier alpha value is -2.83. The molecule has 7 nitrogen and oxygen atoms in total. The first-order valence-electron chi connectivity index (χ1n) is 6.79. The molecule has 0 aliphatic heterocycles. The van der Waals surface area contributed by atoms with Gasteiger partial charge < -0.3 is 20.2 Å². The molecule has 0 aliphatic carbocycles. The van der Waals surface area contributed by atoms with Crippen LogP contribution < -0.4 is 11.1 Å². The number of nitrogens with one attached hydrogen (secondary N) is 1. The van der Waals surface area contributed by atoms with Crippen LogP contribution in [0.1, 0.15) is 30.3 Å². The predicted octanol–water partition coefficient (Wildman–Crippen LogP) is 1.81. The fourth-order valence-corrected chi connectivity index (χ4v) is 1.99. The maximum Gasteiger partial charge on any atom is 0.306 e. The highest BCUT2D eigenvalue weighted by Crippen LogP contribution is 2.30. The summed E-state index contributed by atoms with van der Waals surface area (Å²) < 4.78 is 10.1. The van der Waals surface area contributed by atoms with Crippen LogP contribution >= 0.6 is 0 Å². The summed E-state index contributed by atoms with van der Waals surface area (Å²) in [6.07, 6.45) is -0.0993. The van der Waals surface area contributed by atoms with Gasteiger partial charge in [0.15, 0.2) is 0 Å². The monoisotopic (exact) mass is 304 g/mol. The number of fused-ring (bicyclic) bond motifs is 1. The number of ether oxygens (including phenoxy) is 1. The number of para-hydroxylation sites is 1. The summed E-state index contributed by atoms with van der Waals surface area (Å²) in [6.45, 7) is 1.95. The van der Waals surface area contributed by atoms with Crippen molar-refractivity contribution in [1.29, 1.82) is 0 Å². The first kappa shape index (κ1) is 15.6. The average molecular weight is 304 g/mol. The summed E-state index contributed by atoms with van der Waals surface area (Å²) in [7, 11) is 0. The Balaban J connectivity index is 2.16. The predicted molar refractivity (Wildman–Crippen MR) is 79.2 cm³/mol. The first-order chi connectivity index (χ1) is 10.5. The molecule has 1 aromatic heterocycles. The molecule has 0 saturated heterocycles. The second-order valence-electron chi connectivity index (χ2n) is 4.52. The van der Waals surface area contributed by atoms with Crippen molar-refractivity contribution in [2.75, 3.05) is 11.9 Å². The normalized spacial score (nSPS) is 10.4. The number of rotatable bonds is 6. The number of nitrogens with two attached hydrogens (primary N) is 1. The van der Waals surface area contributed by atoms with Gasteiger partial charge >= 0.3 is 5.97 Å². The number of primary amides is 1. The molecule has 7 heteroatoms. The maximum atomic E-state index is 11.9. The molecule has 1 aromatic carbocycles. The van der Waals surface area contributed by atoms with Gasteiger partial charge in [0.2, 0.25) is 11.7 Å². The van der Waals surface area contributed by atoms with E-state index in [1.54, 1.807) is 31.2 Å². The molecule has 2 rings (SSSR count). The molecule has 0 saturated carbocycles. The van der Waals surface area contributed by atoms with Gasteiger partial charge in [-0.15, -0.1) is 0 Å². The van der Waals surface area contributed by atoms with Crippen molar-refractivity contribution in [1.82, 2.24) is 0 Å². The van der Waals surface area contributed by atoms with E-state index < -0.39 is 17.8 Å². The van der Waals surface area contributed by atoms with E-state index in [0.717, 1.165) is 0 Å². The lowest BCUT2D eigenvalue weighted by molar-refractivity contribution is -0.144. The minimum Gasteiger partial charge on any atom is -0.466 e. The fourth-order valence-electron chi connectivity index (χ4n) is 1.99. The highest BCUT2D eigenvalue weighted by Gasteiger charge is 2.20. The van der Waals surface area contributed by atoms with Crippen molar-refractivity contribution in [3.8, 4) is 0 Å². The summed E-state index contributed by atoms with van der Waals surface area (Å²) in [5.74, 6) is -1.78. The Morgan fingerprint density at radius 1 is 1.23 bits per heavy atom. The third-order valence-corrected chi connectivity index (χ3v) is 2.95. The maximum absolute atomic E-state index is 11.9. The highest BCUT2D eigenvalue weighted by molar-refractivity contribution is 6.10. The van der Waals surface area contributed by atoms with Crippen molar-refractivity contribution >= 4 is 34.4 Å². The van der Waals surface area contributed by atoms with Crippen LogP contribution in [-0.4, -0.2) is 24.4 Å². The zero-order valence-electron chi connectivity index (χ0n) is 12.0.